The van der Waals surface area contributed by atoms with Gasteiger partial charge in [-0.15, -0.1) is 0 Å². The molecule has 1 saturated heterocycles. The summed E-state index contributed by atoms with van der Waals surface area (Å²) in [5, 5.41) is 3.77. The monoisotopic (exact) mass is 293 g/mol. The van der Waals surface area contributed by atoms with Gasteiger partial charge < -0.3 is 10.1 Å². The highest BCUT2D eigenvalue weighted by Gasteiger charge is 2.29. The highest BCUT2D eigenvalue weighted by molar-refractivity contribution is 7.99. The summed E-state index contributed by atoms with van der Waals surface area (Å²) in [7, 11) is 1.79. The second-order valence-corrected chi connectivity index (χ2v) is 6.90. The van der Waals surface area contributed by atoms with Crippen LogP contribution in [-0.2, 0) is 0 Å². The minimum absolute atomic E-state index is 0.431. The summed E-state index contributed by atoms with van der Waals surface area (Å²) >= 11 is 2.08. The van der Waals surface area contributed by atoms with E-state index in [-0.39, 0.29) is 0 Å². The Bertz CT molecular complexity index is 441. The van der Waals surface area contributed by atoms with E-state index >= 15 is 0 Å². The molecule has 0 spiro atoms. The lowest BCUT2D eigenvalue weighted by atomic mass is 9.88. The van der Waals surface area contributed by atoms with Crippen LogP contribution in [0.3, 0.4) is 0 Å². The zero-order chi connectivity index (χ0) is 14.5. The van der Waals surface area contributed by atoms with Crippen molar-refractivity contribution in [3.63, 3.8) is 0 Å². The lowest BCUT2D eigenvalue weighted by molar-refractivity contribution is 0.359. The highest BCUT2D eigenvalue weighted by atomic mass is 32.2. The van der Waals surface area contributed by atoms with Crippen molar-refractivity contribution in [2.75, 3.05) is 25.2 Å². The summed E-state index contributed by atoms with van der Waals surface area (Å²) < 4.78 is 5.68. The van der Waals surface area contributed by atoms with Gasteiger partial charge in [-0.25, -0.2) is 0 Å². The zero-order valence-electron chi connectivity index (χ0n) is 13.2. The Hall–Kier alpha value is -0.670. The number of hydrogen-bond acceptors (Lipinski definition) is 3. The third-order valence-electron chi connectivity index (χ3n) is 4.07. The summed E-state index contributed by atoms with van der Waals surface area (Å²) in [6, 6.07) is 4.88. The van der Waals surface area contributed by atoms with Crippen LogP contribution in [-0.4, -0.2) is 25.2 Å². The molecule has 1 aliphatic rings. The SMILES string of the molecule is CCCNC(c1c(C)cc(C)cc1OC)C1CCSC1. The van der Waals surface area contributed by atoms with Crippen LogP contribution in [0.4, 0.5) is 0 Å². The minimum atomic E-state index is 0.431. The Balaban J connectivity index is 2.36. The van der Waals surface area contributed by atoms with E-state index in [4.69, 9.17) is 4.74 Å². The molecule has 1 heterocycles. The van der Waals surface area contributed by atoms with Gasteiger partial charge in [0.25, 0.3) is 0 Å². The maximum Gasteiger partial charge on any atom is 0.124 e. The molecule has 1 aliphatic heterocycles. The molecule has 0 bridgehead atoms. The van der Waals surface area contributed by atoms with E-state index in [2.05, 4.69) is 50.0 Å². The van der Waals surface area contributed by atoms with E-state index in [9.17, 15) is 0 Å². The van der Waals surface area contributed by atoms with Crippen molar-refractivity contribution in [3.05, 3.63) is 28.8 Å². The second kappa shape index (κ2) is 7.37. The highest BCUT2D eigenvalue weighted by Crippen LogP contribution is 2.39. The molecular weight excluding hydrogens is 266 g/mol. The molecule has 0 saturated carbocycles. The molecule has 20 heavy (non-hydrogen) atoms. The Labute approximate surface area is 127 Å². The predicted molar refractivity (Wildman–Crippen MR) is 88.9 cm³/mol. The molecule has 3 heteroatoms. The van der Waals surface area contributed by atoms with Crippen molar-refractivity contribution in [2.45, 2.75) is 39.7 Å². The molecule has 1 N–H and O–H groups in total. The third-order valence-corrected chi connectivity index (χ3v) is 5.26. The maximum atomic E-state index is 5.68. The Morgan fingerprint density at radius 1 is 1.40 bits per heavy atom. The van der Waals surface area contributed by atoms with Crippen molar-refractivity contribution < 1.29 is 4.74 Å². The van der Waals surface area contributed by atoms with Gasteiger partial charge in [-0.3, -0.25) is 0 Å². The van der Waals surface area contributed by atoms with Gasteiger partial charge in [0.05, 0.1) is 7.11 Å². The Morgan fingerprint density at radius 2 is 2.20 bits per heavy atom. The summed E-state index contributed by atoms with van der Waals surface area (Å²) in [5.41, 5.74) is 4.00. The fourth-order valence-corrected chi connectivity index (χ4v) is 4.43. The lowest BCUT2D eigenvalue weighted by Crippen LogP contribution is -2.30. The zero-order valence-corrected chi connectivity index (χ0v) is 14.0. The molecule has 2 atom stereocenters. The van der Waals surface area contributed by atoms with Crippen molar-refractivity contribution in [2.24, 2.45) is 5.92 Å². The third kappa shape index (κ3) is 3.50. The van der Waals surface area contributed by atoms with Crippen LogP contribution in [0.5, 0.6) is 5.75 Å². The van der Waals surface area contributed by atoms with E-state index in [0.29, 0.717) is 6.04 Å². The summed E-state index contributed by atoms with van der Waals surface area (Å²) in [6.45, 7) is 7.65. The number of rotatable bonds is 6. The summed E-state index contributed by atoms with van der Waals surface area (Å²) in [6.07, 6.45) is 2.48. The normalized spacial score (nSPS) is 20.1. The number of thioether (sulfide) groups is 1. The van der Waals surface area contributed by atoms with Crippen LogP contribution < -0.4 is 10.1 Å². The van der Waals surface area contributed by atoms with Crippen LogP contribution in [0.15, 0.2) is 12.1 Å². The Kier molecular flexibility index (Phi) is 5.79. The van der Waals surface area contributed by atoms with Crippen molar-refractivity contribution in [3.8, 4) is 5.75 Å². The van der Waals surface area contributed by atoms with Gasteiger partial charge >= 0.3 is 0 Å². The first kappa shape index (κ1) is 15.7. The van der Waals surface area contributed by atoms with Gasteiger partial charge in [0.2, 0.25) is 0 Å². The molecule has 0 radical (unpaired) electrons. The largest absolute Gasteiger partial charge is 0.496 e. The second-order valence-electron chi connectivity index (χ2n) is 5.75. The summed E-state index contributed by atoms with van der Waals surface area (Å²) in [5.74, 6) is 4.33. The van der Waals surface area contributed by atoms with Crippen LogP contribution in [0, 0.1) is 19.8 Å². The molecule has 2 unspecified atom stereocenters. The van der Waals surface area contributed by atoms with Gasteiger partial charge in [-0.2, -0.15) is 11.8 Å². The quantitative estimate of drug-likeness (QED) is 0.853. The molecule has 1 fully saturated rings. The fraction of sp³-hybridized carbons (Fsp3) is 0.647. The first-order valence-corrected chi connectivity index (χ1v) is 8.79. The Morgan fingerprint density at radius 3 is 2.80 bits per heavy atom. The van der Waals surface area contributed by atoms with E-state index in [0.717, 1.165) is 18.2 Å². The molecule has 0 aromatic heterocycles. The van der Waals surface area contributed by atoms with Crippen molar-refractivity contribution in [1.29, 1.82) is 0 Å². The average Bonchev–Trinajstić information content (AvgIpc) is 2.94. The van der Waals surface area contributed by atoms with E-state index in [1.165, 1.54) is 41.0 Å². The molecule has 0 amide bonds. The van der Waals surface area contributed by atoms with Crippen molar-refractivity contribution >= 4 is 11.8 Å². The molecule has 1 aromatic rings. The van der Waals surface area contributed by atoms with Gasteiger partial charge in [0.1, 0.15) is 5.75 Å². The smallest absolute Gasteiger partial charge is 0.124 e. The molecule has 0 aliphatic carbocycles. The maximum absolute atomic E-state index is 5.68. The lowest BCUT2D eigenvalue weighted by Gasteiger charge is -2.28. The van der Waals surface area contributed by atoms with Crippen molar-refractivity contribution in [1.82, 2.24) is 5.32 Å². The molecule has 1 aromatic carbocycles. The molecule has 2 rings (SSSR count). The summed E-state index contributed by atoms with van der Waals surface area (Å²) in [4.78, 5) is 0. The standard InChI is InChI=1S/C17H27NOS/c1-5-7-18-17(14-6-8-20-11-14)16-13(3)9-12(2)10-15(16)19-4/h9-10,14,17-18H,5-8,11H2,1-4H3. The predicted octanol–water partition coefficient (Wildman–Crippen LogP) is 4.11. The number of methoxy groups -OCH3 is 1. The number of benzene rings is 1. The first-order valence-electron chi connectivity index (χ1n) is 7.63. The fourth-order valence-electron chi connectivity index (χ4n) is 3.13. The molecular formula is C17H27NOS. The molecule has 2 nitrogen and oxygen atoms in total. The number of nitrogens with one attached hydrogen (secondary N) is 1. The van der Waals surface area contributed by atoms with Gasteiger partial charge in [0, 0.05) is 11.6 Å². The van der Waals surface area contributed by atoms with E-state index in [1.807, 2.05) is 0 Å². The van der Waals surface area contributed by atoms with Crippen LogP contribution >= 0.6 is 11.8 Å². The van der Waals surface area contributed by atoms with E-state index < -0.39 is 0 Å². The first-order chi connectivity index (χ1) is 9.67. The van der Waals surface area contributed by atoms with Crippen LogP contribution in [0.2, 0.25) is 0 Å². The molecule has 112 valence electrons. The van der Waals surface area contributed by atoms with Gasteiger partial charge in [-0.1, -0.05) is 13.0 Å². The number of ether oxygens (including phenoxy) is 1. The minimum Gasteiger partial charge on any atom is -0.496 e. The topological polar surface area (TPSA) is 21.3 Å². The van der Waals surface area contributed by atoms with Crippen LogP contribution in [0.25, 0.3) is 0 Å². The van der Waals surface area contributed by atoms with Crippen LogP contribution in [0.1, 0.15) is 42.5 Å². The number of hydrogen-bond donors (Lipinski definition) is 1. The van der Waals surface area contributed by atoms with Gasteiger partial charge in [0.15, 0.2) is 0 Å². The van der Waals surface area contributed by atoms with Gasteiger partial charge in [-0.05, 0) is 67.9 Å². The van der Waals surface area contributed by atoms with E-state index in [1.54, 1.807) is 7.11 Å². The average molecular weight is 293 g/mol. The number of aryl methyl sites for hydroxylation is 2.